The van der Waals surface area contributed by atoms with Gasteiger partial charge >= 0.3 is 5.97 Å². The van der Waals surface area contributed by atoms with Crippen LogP contribution < -0.4 is 5.32 Å². The highest BCUT2D eigenvalue weighted by Gasteiger charge is 2.38. The molecule has 1 aromatic rings. The van der Waals surface area contributed by atoms with E-state index in [0.29, 0.717) is 12.8 Å². The van der Waals surface area contributed by atoms with Crippen LogP contribution in [-0.4, -0.2) is 22.1 Å². The van der Waals surface area contributed by atoms with Crippen LogP contribution in [0.25, 0.3) is 0 Å². The Bertz CT molecular complexity index is 514. The first kappa shape index (κ1) is 14.4. The van der Waals surface area contributed by atoms with E-state index in [1.165, 1.54) is 0 Å². The summed E-state index contributed by atoms with van der Waals surface area (Å²) in [5, 5.41) is 21.4. The second-order valence-corrected chi connectivity index (χ2v) is 5.31. The second kappa shape index (κ2) is 5.94. The Kier molecular flexibility index (Phi) is 4.27. The molecule has 1 fully saturated rings. The summed E-state index contributed by atoms with van der Waals surface area (Å²) in [6.07, 6.45) is 1.96. The molecule has 3 unspecified atom stereocenters. The number of nitrogens with one attached hydrogen (secondary N) is 1. The van der Waals surface area contributed by atoms with Crippen molar-refractivity contribution in [3.8, 4) is 5.75 Å². The Hall–Kier alpha value is -2.04. The lowest BCUT2D eigenvalue weighted by atomic mass is 9.94. The van der Waals surface area contributed by atoms with Gasteiger partial charge in [-0.1, -0.05) is 18.6 Å². The minimum Gasteiger partial charge on any atom is -0.508 e. The van der Waals surface area contributed by atoms with Crippen LogP contribution in [0.5, 0.6) is 5.75 Å². The number of aliphatic carboxylic acids is 1. The number of phenolic OH excluding ortho intramolecular Hbond substituents is 1. The van der Waals surface area contributed by atoms with E-state index in [0.717, 1.165) is 12.0 Å². The highest BCUT2D eigenvalue weighted by Crippen LogP contribution is 2.32. The third kappa shape index (κ3) is 3.10. The van der Waals surface area contributed by atoms with Gasteiger partial charge in [-0.2, -0.15) is 0 Å². The van der Waals surface area contributed by atoms with Crippen molar-refractivity contribution in [1.29, 1.82) is 0 Å². The first-order chi connectivity index (χ1) is 9.49. The van der Waals surface area contributed by atoms with E-state index in [2.05, 4.69) is 5.32 Å². The van der Waals surface area contributed by atoms with Crippen molar-refractivity contribution in [2.75, 3.05) is 0 Å². The number of amides is 1. The maximum Gasteiger partial charge on any atom is 0.307 e. The standard InChI is InChI=1S/C15H19NO4/c1-9(10-4-2-5-11(17)8-10)16-14(18)12-6-3-7-13(12)15(19)20/h2,4-5,8-9,12-13,17H,3,6-7H2,1H3,(H,16,18)(H,19,20). The van der Waals surface area contributed by atoms with Crippen molar-refractivity contribution in [1.82, 2.24) is 5.32 Å². The quantitative estimate of drug-likeness (QED) is 0.786. The normalized spacial score (nSPS) is 23.2. The molecule has 0 heterocycles. The summed E-state index contributed by atoms with van der Waals surface area (Å²) >= 11 is 0. The molecule has 0 saturated heterocycles. The van der Waals surface area contributed by atoms with Gasteiger partial charge in [-0.25, -0.2) is 0 Å². The van der Waals surface area contributed by atoms with Crippen molar-refractivity contribution >= 4 is 11.9 Å². The van der Waals surface area contributed by atoms with Gasteiger partial charge in [0.2, 0.25) is 5.91 Å². The van der Waals surface area contributed by atoms with Gasteiger partial charge in [0.05, 0.1) is 17.9 Å². The van der Waals surface area contributed by atoms with Crippen molar-refractivity contribution in [3.63, 3.8) is 0 Å². The SMILES string of the molecule is CC(NC(=O)C1CCCC1C(=O)O)c1cccc(O)c1. The van der Waals surface area contributed by atoms with Crippen molar-refractivity contribution in [2.24, 2.45) is 11.8 Å². The number of carbonyl (C=O) groups excluding carboxylic acids is 1. The Balaban J connectivity index is 2.02. The molecule has 1 aliphatic carbocycles. The molecule has 3 atom stereocenters. The van der Waals surface area contributed by atoms with Gasteiger partial charge in [0, 0.05) is 0 Å². The lowest BCUT2D eigenvalue weighted by molar-refractivity contribution is -0.146. The molecule has 1 aliphatic rings. The molecule has 0 bridgehead atoms. The average Bonchev–Trinajstić information content (AvgIpc) is 2.88. The van der Waals surface area contributed by atoms with Gasteiger partial charge < -0.3 is 15.5 Å². The lowest BCUT2D eigenvalue weighted by Gasteiger charge is -2.20. The summed E-state index contributed by atoms with van der Waals surface area (Å²) in [6.45, 7) is 1.82. The van der Waals surface area contributed by atoms with Crippen molar-refractivity contribution in [3.05, 3.63) is 29.8 Å². The maximum absolute atomic E-state index is 12.2. The summed E-state index contributed by atoms with van der Waals surface area (Å²) in [5.41, 5.74) is 0.795. The summed E-state index contributed by atoms with van der Waals surface area (Å²) in [5.74, 6) is -2.00. The molecule has 5 heteroatoms. The molecule has 1 saturated carbocycles. The number of benzene rings is 1. The first-order valence-corrected chi connectivity index (χ1v) is 6.81. The number of rotatable bonds is 4. The third-order valence-electron chi connectivity index (χ3n) is 3.90. The van der Waals surface area contributed by atoms with Crippen LogP contribution in [0.1, 0.15) is 37.8 Å². The van der Waals surface area contributed by atoms with Crippen LogP contribution in [0.4, 0.5) is 0 Å². The van der Waals surface area contributed by atoms with Crippen LogP contribution in [0.15, 0.2) is 24.3 Å². The van der Waals surface area contributed by atoms with E-state index in [1.807, 2.05) is 13.0 Å². The minimum absolute atomic E-state index is 0.146. The van der Waals surface area contributed by atoms with Gasteiger partial charge in [0.15, 0.2) is 0 Å². The number of carboxylic acid groups (broad SMARTS) is 1. The van der Waals surface area contributed by atoms with Crippen molar-refractivity contribution in [2.45, 2.75) is 32.2 Å². The first-order valence-electron chi connectivity index (χ1n) is 6.81. The fraction of sp³-hybridized carbons (Fsp3) is 0.467. The number of carbonyl (C=O) groups is 2. The van der Waals surface area contributed by atoms with Gasteiger partial charge in [-0.3, -0.25) is 9.59 Å². The minimum atomic E-state index is -0.896. The summed E-state index contributed by atoms with van der Waals surface area (Å²) < 4.78 is 0. The van der Waals surface area contributed by atoms with Gasteiger partial charge in [-0.15, -0.1) is 0 Å². The Labute approximate surface area is 117 Å². The summed E-state index contributed by atoms with van der Waals surface area (Å²) in [6, 6.07) is 6.42. The van der Waals surface area contributed by atoms with Crippen LogP contribution >= 0.6 is 0 Å². The zero-order chi connectivity index (χ0) is 14.7. The van der Waals surface area contributed by atoms with Gasteiger partial charge in [0.1, 0.15) is 5.75 Å². The van der Waals surface area contributed by atoms with Crippen LogP contribution in [-0.2, 0) is 9.59 Å². The molecule has 0 aromatic heterocycles. The van der Waals surface area contributed by atoms with Gasteiger partial charge in [-0.05, 0) is 37.5 Å². The number of phenols is 1. The fourth-order valence-electron chi connectivity index (χ4n) is 2.77. The van der Waals surface area contributed by atoms with Crippen LogP contribution in [0.2, 0.25) is 0 Å². The second-order valence-electron chi connectivity index (χ2n) is 5.31. The number of carboxylic acids is 1. The third-order valence-corrected chi connectivity index (χ3v) is 3.90. The van der Waals surface area contributed by atoms with Crippen LogP contribution in [0, 0.1) is 11.8 Å². The zero-order valence-corrected chi connectivity index (χ0v) is 11.4. The smallest absolute Gasteiger partial charge is 0.307 e. The Morgan fingerprint density at radius 1 is 1.30 bits per heavy atom. The van der Waals surface area contributed by atoms with Crippen molar-refractivity contribution < 1.29 is 19.8 Å². The molecular weight excluding hydrogens is 258 g/mol. The van der Waals surface area contributed by atoms with E-state index in [4.69, 9.17) is 5.11 Å². The molecule has 1 aromatic carbocycles. The molecule has 0 spiro atoms. The fourth-order valence-corrected chi connectivity index (χ4v) is 2.77. The topological polar surface area (TPSA) is 86.6 Å². The molecule has 1 amide bonds. The predicted molar refractivity (Wildman–Crippen MR) is 73.1 cm³/mol. The molecule has 5 nitrogen and oxygen atoms in total. The van der Waals surface area contributed by atoms with E-state index in [1.54, 1.807) is 18.2 Å². The van der Waals surface area contributed by atoms with Gasteiger partial charge in [0.25, 0.3) is 0 Å². The molecule has 0 radical (unpaired) electrons. The zero-order valence-electron chi connectivity index (χ0n) is 11.4. The molecular formula is C15H19NO4. The molecule has 0 aliphatic heterocycles. The Morgan fingerprint density at radius 3 is 2.65 bits per heavy atom. The molecule has 20 heavy (non-hydrogen) atoms. The van der Waals surface area contributed by atoms with E-state index >= 15 is 0 Å². The highest BCUT2D eigenvalue weighted by atomic mass is 16.4. The predicted octanol–water partition coefficient (Wildman–Crippen LogP) is 2.07. The highest BCUT2D eigenvalue weighted by molar-refractivity contribution is 5.85. The van der Waals surface area contributed by atoms with Crippen LogP contribution in [0.3, 0.4) is 0 Å². The van der Waals surface area contributed by atoms with E-state index in [9.17, 15) is 14.7 Å². The number of hydrogen-bond acceptors (Lipinski definition) is 3. The summed E-state index contributed by atoms with van der Waals surface area (Å²) in [4.78, 5) is 23.3. The van der Waals surface area contributed by atoms with E-state index in [-0.39, 0.29) is 17.7 Å². The maximum atomic E-state index is 12.2. The molecule has 108 valence electrons. The average molecular weight is 277 g/mol. The number of hydrogen-bond donors (Lipinski definition) is 3. The monoisotopic (exact) mass is 277 g/mol. The molecule has 3 N–H and O–H groups in total. The molecule has 2 rings (SSSR count). The lowest BCUT2D eigenvalue weighted by Crippen LogP contribution is -2.36. The largest absolute Gasteiger partial charge is 0.508 e. The van der Waals surface area contributed by atoms with E-state index < -0.39 is 17.8 Å². The Morgan fingerprint density at radius 2 is 2.00 bits per heavy atom. The summed E-state index contributed by atoms with van der Waals surface area (Å²) in [7, 11) is 0. The number of aromatic hydroxyl groups is 1.